The van der Waals surface area contributed by atoms with E-state index in [2.05, 4.69) is 5.32 Å². The van der Waals surface area contributed by atoms with Crippen molar-refractivity contribution in [3.8, 4) is 0 Å². The number of amides is 3. The molecule has 33 heavy (non-hydrogen) atoms. The van der Waals surface area contributed by atoms with E-state index in [0.717, 1.165) is 16.8 Å². The van der Waals surface area contributed by atoms with Crippen molar-refractivity contribution >= 4 is 34.8 Å². The monoisotopic (exact) mass is 441 g/mol. The van der Waals surface area contributed by atoms with Gasteiger partial charge in [0.1, 0.15) is 5.92 Å². The topological polar surface area (TPSA) is 79.0 Å². The van der Waals surface area contributed by atoms with E-state index in [0.29, 0.717) is 11.4 Å². The van der Waals surface area contributed by atoms with Crippen LogP contribution in [0.2, 0.25) is 0 Å². The molecule has 3 aromatic rings. The lowest BCUT2D eigenvalue weighted by atomic mass is 9.90. The maximum atomic E-state index is 13.6. The molecule has 2 heterocycles. The molecule has 2 aliphatic rings. The summed E-state index contributed by atoms with van der Waals surface area (Å²) < 4.78 is 0. The normalized spacial score (nSPS) is 21.9. The Morgan fingerprint density at radius 2 is 1.58 bits per heavy atom. The highest BCUT2D eigenvalue weighted by molar-refractivity contribution is 6.24. The van der Waals surface area contributed by atoms with Gasteiger partial charge in [0.15, 0.2) is 6.10 Å². The van der Waals surface area contributed by atoms with Crippen LogP contribution in [0.5, 0.6) is 0 Å². The van der Waals surface area contributed by atoms with Gasteiger partial charge in [-0.2, -0.15) is 0 Å². The second kappa shape index (κ2) is 8.18. The summed E-state index contributed by atoms with van der Waals surface area (Å²) in [5.41, 5.74) is 3.73. The van der Waals surface area contributed by atoms with Gasteiger partial charge < -0.3 is 5.32 Å². The Labute approximate surface area is 191 Å². The highest BCUT2D eigenvalue weighted by Crippen LogP contribution is 2.47. The summed E-state index contributed by atoms with van der Waals surface area (Å²) >= 11 is 0. The maximum absolute atomic E-state index is 13.6. The molecule has 3 atom stereocenters. The molecule has 2 saturated heterocycles. The fourth-order valence-corrected chi connectivity index (χ4v) is 4.54. The smallest absolute Gasteiger partial charge is 0.266 e. The van der Waals surface area contributed by atoms with Crippen molar-refractivity contribution in [2.75, 3.05) is 15.3 Å². The first kappa shape index (κ1) is 20.9. The summed E-state index contributed by atoms with van der Waals surface area (Å²) in [5, 5.41) is 4.41. The van der Waals surface area contributed by atoms with E-state index in [4.69, 9.17) is 4.84 Å². The Morgan fingerprint density at radius 1 is 0.879 bits per heavy atom. The van der Waals surface area contributed by atoms with Gasteiger partial charge in [0.2, 0.25) is 11.8 Å². The van der Waals surface area contributed by atoms with E-state index in [1.165, 1.54) is 11.8 Å². The molecule has 0 spiro atoms. The number of anilines is 3. The van der Waals surface area contributed by atoms with Crippen LogP contribution in [0, 0.1) is 12.8 Å². The van der Waals surface area contributed by atoms with Crippen LogP contribution >= 0.6 is 0 Å². The average Bonchev–Trinajstić information content (AvgIpc) is 3.31. The highest BCUT2D eigenvalue weighted by atomic mass is 16.7. The summed E-state index contributed by atoms with van der Waals surface area (Å²) in [5.74, 6) is -1.52. The molecule has 0 saturated carbocycles. The minimum atomic E-state index is -0.918. The predicted octanol–water partition coefficient (Wildman–Crippen LogP) is 4.00. The van der Waals surface area contributed by atoms with Crippen molar-refractivity contribution in [3.05, 3.63) is 90.0 Å². The maximum Gasteiger partial charge on any atom is 0.266 e. The van der Waals surface area contributed by atoms with Gasteiger partial charge in [-0.1, -0.05) is 42.5 Å². The Balaban J connectivity index is 1.55. The van der Waals surface area contributed by atoms with E-state index in [1.54, 1.807) is 23.3 Å². The summed E-state index contributed by atoms with van der Waals surface area (Å²) in [6, 6.07) is 23.5. The van der Waals surface area contributed by atoms with Crippen molar-refractivity contribution in [3.63, 3.8) is 0 Å². The van der Waals surface area contributed by atoms with Crippen LogP contribution in [0.25, 0.3) is 0 Å². The number of carbonyl (C=O) groups excluding carboxylic acids is 3. The number of nitrogens with zero attached hydrogens (tertiary/aromatic N) is 2. The van der Waals surface area contributed by atoms with E-state index in [1.807, 2.05) is 67.6 Å². The van der Waals surface area contributed by atoms with Crippen molar-refractivity contribution < 1.29 is 19.2 Å². The molecule has 0 bridgehead atoms. The number of carbonyl (C=O) groups is 3. The Hall–Kier alpha value is -3.97. The number of hydroxylamine groups is 1. The second-order valence-electron chi connectivity index (χ2n) is 8.31. The lowest BCUT2D eigenvalue weighted by Crippen LogP contribution is -2.37. The zero-order valence-electron chi connectivity index (χ0n) is 18.3. The third-order valence-corrected chi connectivity index (χ3v) is 5.96. The molecule has 7 heteroatoms. The first-order valence-electron chi connectivity index (χ1n) is 10.8. The summed E-state index contributed by atoms with van der Waals surface area (Å²) in [4.78, 5) is 45.7. The van der Waals surface area contributed by atoms with Crippen molar-refractivity contribution in [1.29, 1.82) is 0 Å². The van der Waals surface area contributed by atoms with E-state index in [9.17, 15) is 14.4 Å². The van der Waals surface area contributed by atoms with Gasteiger partial charge in [0.05, 0.1) is 17.4 Å². The number of hydrogen-bond donors (Lipinski definition) is 1. The SMILES string of the molecule is CC(=O)Nc1ccc([C@@H]2[C@H]3C(=O)N(c4cccc(C)c4)C(=O)[C@@H]3ON2c2ccccc2)cc1. The quantitative estimate of drug-likeness (QED) is 0.619. The van der Waals surface area contributed by atoms with Gasteiger partial charge in [-0.05, 0) is 54.4 Å². The van der Waals surface area contributed by atoms with Gasteiger partial charge in [-0.15, -0.1) is 0 Å². The van der Waals surface area contributed by atoms with Crippen LogP contribution in [0.15, 0.2) is 78.9 Å². The molecule has 0 aliphatic carbocycles. The number of benzene rings is 3. The van der Waals surface area contributed by atoms with Crippen molar-refractivity contribution in [2.24, 2.45) is 5.92 Å². The lowest BCUT2D eigenvalue weighted by Gasteiger charge is -2.29. The van der Waals surface area contributed by atoms with E-state index < -0.39 is 18.1 Å². The third-order valence-electron chi connectivity index (χ3n) is 5.96. The fourth-order valence-electron chi connectivity index (χ4n) is 4.54. The van der Waals surface area contributed by atoms with Crippen LogP contribution < -0.4 is 15.3 Å². The van der Waals surface area contributed by atoms with Crippen LogP contribution in [0.3, 0.4) is 0 Å². The zero-order valence-corrected chi connectivity index (χ0v) is 18.3. The first-order chi connectivity index (χ1) is 15.9. The molecule has 3 aromatic carbocycles. The molecule has 1 N–H and O–H groups in total. The van der Waals surface area contributed by atoms with Crippen molar-refractivity contribution in [2.45, 2.75) is 26.0 Å². The molecule has 3 amide bonds. The van der Waals surface area contributed by atoms with Crippen LogP contribution in [0.1, 0.15) is 24.1 Å². The van der Waals surface area contributed by atoms with Crippen LogP contribution in [0.4, 0.5) is 17.1 Å². The number of nitrogens with one attached hydrogen (secondary N) is 1. The third kappa shape index (κ3) is 3.66. The predicted molar refractivity (Wildman–Crippen MR) is 124 cm³/mol. The van der Waals surface area contributed by atoms with Gasteiger partial charge in [-0.3, -0.25) is 19.2 Å². The molecule has 0 unspecified atom stereocenters. The van der Waals surface area contributed by atoms with Gasteiger partial charge in [0.25, 0.3) is 5.91 Å². The van der Waals surface area contributed by atoms with Crippen molar-refractivity contribution in [1.82, 2.24) is 0 Å². The van der Waals surface area contributed by atoms with Gasteiger partial charge in [0, 0.05) is 12.6 Å². The van der Waals surface area contributed by atoms with Gasteiger partial charge in [-0.25, -0.2) is 9.96 Å². The molecule has 2 aliphatic heterocycles. The second-order valence-corrected chi connectivity index (χ2v) is 8.31. The molecule has 5 rings (SSSR count). The Kier molecular flexibility index (Phi) is 5.18. The molecular weight excluding hydrogens is 418 g/mol. The van der Waals surface area contributed by atoms with E-state index >= 15 is 0 Å². The largest absolute Gasteiger partial charge is 0.326 e. The van der Waals surface area contributed by atoms with Crippen LogP contribution in [-0.4, -0.2) is 23.8 Å². The summed E-state index contributed by atoms with van der Waals surface area (Å²) in [6.07, 6.45) is -0.918. The lowest BCUT2D eigenvalue weighted by molar-refractivity contribution is -0.126. The van der Waals surface area contributed by atoms with Crippen LogP contribution in [-0.2, 0) is 19.2 Å². The molecular formula is C26H23N3O4. The number of rotatable bonds is 4. The number of imide groups is 1. The standard InChI is InChI=1S/C26H23N3O4/c1-16-7-6-10-21(15-16)28-25(31)22-23(18-11-13-19(14-12-18)27-17(2)30)29(33-24(22)26(28)32)20-8-4-3-5-9-20/h3-15,22-24H,1-2H3,(H,27,30)/t22-,23-,24-/m1/s1. The molecule has 0 aromatic heterocycles. The fraction of sp³-hybridized carbons (Fsp3) is 0.192. The van der Waals surface area contributed by atoms with E-state index in [-0.39, 0.29) is 17.7 Å². The number of fused-ring (bicyclic) bond motifs is 1. The zero-order chi connectivity index (χ0) is 23.1. The molecule has 0 radical (unpaired) electrons. The number of hydrogen-bond acceptors (Lipinski definition) is 5. The highest BCUT2D eigenvalue weighted by Gasteiger charge is 2.60. The number of para-hydroxylation sites is 1. The Bertz CT molecular complexity index is 1230. The first-order valence-corrected chi connectivity index (χ1v) is 10.8. The average molecular weight is 441 g/mol. The molecule has 7 nitrogen and oxygen atoms in total. The molecule has 166 valence electrons. The minimum absolute atomic E-state index is 0.164. The minimum Gasteiger partial charge on any atom is -0.326 e. The summed E-state index contributed by atoms with van der Waals surface area (Å²) in [6.45, 7) is 3.37. The summed E-state index contributed by atoms with van der Waals surface area (Å²) in [7, 11) is 0. The van der Waals surface area contributed by atoms with Gasteiger partial charge >= 0.3 is 0 Å². The number of aryl methyl sites for hydroxylation is 1. The Morgan fingerprint density at radius 3 is 2.24 bits per heavy atom. The molecule has 2 fully saturated rings.